The van der Waals surface area contributed by atoms with E-state index in [1.807, 2.05) is 30.3 Å². The highest BCUT2D eigenvalue weighted by Gasteiger charge is 2.37. The molecule has 0 unspecified atom stereocenters. The van der Waals surface area contributed by atoms with Crippen LogP contribution in [0.2, 0.25) is 5.02 Å². The van der Waals surface area contributed by atoms with Crippen molar-refractivity contribution in [2.24, 2.45) is 0 Å². The van der Waals surface area contributed by atoms with Gasteiger partial charge in [0, 0.05) is 57.3 Å². The van der Waals surface area contributed by atoms with Gasteiger partial charge in [0.2, 0.25) is 5.91 Å². The van der Waals surface area contributed by atoms with Gasteiger partial charge in [-0.25, -0.2) is 14.3 Å². The summed E-state index contributed by atoms with van der Waals surface area (Å²) in [6.07, 6.45) is -1.42. The van der Waals surface area contributed by atoms with E-state index in [1.165, 1.54) is 10.7 Å². The number of amides is 3. The number of nitrogens with zero attached hydrogens (tertiary/aromatic N) is 6. The molecule has 276 valence electrons. The second-order valence-corrected chi connectivity index (χ2v) is 14.2. The molecule has 3 saturated heterocycles. The second kappa shape index (κ2) is 15.7. The predicted molar refractivity (Wildman–Crippen MR) is 188 cm³/mol. The molecule has 0 spiro atoms. The number of anilines is 1. The molecule has 4 N–H and O–H groups in total. The fraction of sp³-hybridized carbons (Fsp3) is 0.543. The smallest absolute Gasteiger partial charge is 0.397 e. The van der Waals surface area contributed by atoms with E-state index < -0.39 is 29.5 Å². The third-order valence-corrected chi connectivity index (χ3v) is 10.7. The molecular formula is C35H45ClF3N9O3. The van der Waals surface area contributed by atoms with Gasteiger partial charge in [-0.15, -0.1) is 5.10 Å². The van der Waals surface area contributed by atoms with Crippen molar-refractivity contribution < 1.29 is 22.8 Å². The molecule has 3 aromatic rings. The molecule has 0 bridgehead atoms. The Kier molecular flexibility index (Phi) is 11.3. The first-order valence-electron chi connectivity index (χ1n) is 17.5. The number of carbonyl (C=O) groups is 2. The van der Waals surface area contributed by atoms with Crippen LogP contribution in [0, 0.1) is 0 Å². The van der Waals surface area contributed by atoms with Crippen LogP contribution in [0.15, 0.2) is 47.3 Å². The number of piperidine rings is 2. The second-order valence-electron chi connectivity index (χ2n) is 13.8. The zero-order chi connectivity index (χ0) is 36.3. The minimum Gasteiger partial charge on any atom is -0.397 e. The molecule has 3 fully saturated rings. The fourth-order valence-corrected chi connectivity index (χ4v) is 7.67. The van der Waals surface area contributed by atoms with Crippen molar-refractivity contribution in [2.45, 2.75) is 62.8 Å². The number of H-pyrrole nitrogens is 1. The highest BCUT2D eigenvalue weighted by molar-refractivity contribution is 6.33. The van der Waals surface area contributed by atoms with Crippen molar-refractivity contribution in [2.75, 3.05) is 65.1 Å². The molecular weight excluding hydrogens is 687 g/mol. The molecule has 6 rings (SSSR count). The quantitative estimate of drug-likeness (QED) is 0.312. The van der Waals surface area contributed by atoms with Gasteiger partial charge in [0.1, 0.15) is 6.04 Å². The van der Waals surface area contributed by atoms with Gasteiger partial charge in [-0.3, -0.25) is 14.7 Å². The molecule has 1 atom stereocenters. The van der Waals surface area contributed by atoms with Crippen LogP contribution < -0.4 is 16.7 Å². The van der Waals surface area contributed by atoms with Gasteiger partial charge in [0.05, 0.1) is 22.3 Å². The lowest BCUT2D eigenvalue weighted by molar-refractivity contribution is -0.137. The Hall–Kier alpha value is -4.08. The summed E-state index contributed by atoms with van der Waals surface area (Å²) in [4.78, 5) is 51.4. The van der Waals surface area contributed by atoms with Gasteiger partial charge < -0.3 is 25.8 Å². The number of rotatable bonds is 7. The average Bonchev–Trinajstić information content (AvgIpc) is 3.38. The maximum absolute atomic E-state index is 14.1. The van der Waals surface area contributed by atoms with Gasteiger partial charge >= 0.3 is 17.9 Å². The number of alkyl halides is 3. The average molecular weight is 732 g/mol. The summed E-state index contributed by atoms with van der Waals surface area (Å²) < 4.78 is 42.9. The number of urea groups is 1. The van der Waals surface area contributed by atoms with Gasteiger partial charge in [-0.2, -0.15) is 13.2 Å². The monoisotopic (exact) mass is 731 g/mol. The largest absolute Gasteiger partial charge is 0.418 e. The van der Waals surface area contributed by atoms with E-state index in [0.29, 0.717) is 50.9 Å². The molecule has 12 nitrogen and oxygen atoms in total. The van der Waals surface area contributed by atoms with Crippen molar-refractivity contribution >= 4 is 29.2 Å². The summed E-state index contributed by atoms with van der Waals surface area (Å²) in [5.74, 6) is 0.104. The van der Waals surface area contributed by atoms with Gasteiger partial charge in [-0.05, 0) is 69.9 Å². The third-order valence-electron chi connectivity index (χ3n) is 10.4. The summed E-state index contributed by atoms with van der Waals surface area (Å²) in [6.45, 7) is 5.55. The normalized spacial score (nSPS) is 19.5. The lowest BCUT2D eigenvalue weighted by Crippen LogP contribution is -2.56. The number of nitrogens with one attached hydrogen (secondary N) is 2. The highest BCUT2D eigenvalue weighted by atomic mass is 35.5. The molecule has 3 amide bonds. The first-order chi connectivity index (χ1) is 24.4. The van der Waals surface area contributed by atoms with Crippen LogP contribution in [-0.2, 0) is 17.4 Å². The number of likely N-dealkylation sites (tertiary alicyclic amines) is 2. The third kappa shape index (κ3) is 8.70. The minimum absolute atomic E-state index is 0.134. The van der Waals surface area contributed by atoms with E-state index in [-0.39, 0.29) is 34.6 Å². The summed E-state index contributed by atoms with van der Waals surface area (Å²) in [6, 6.07) is 9.97. The van der Waals surface area contributed by atoms with Gasteiger partial charge in [-0.1, -0.05) is 41.9 Å². The summed E-state index contributed by atoms with van der Waals surface area (Å²) >= 11 is 6.13. The standard InChI is InChI=1S/C35H45ClF3N9O3/c1-44-12-5-13-45(19-18-44)25-8-14-46(15-9-25)32(49)29(22-23-20-27(35(37,38)39)30(40)28(36)21-23)41-33(50)47-16-10-26(11-17-47)48-34(51)42-31(43-48)24-6-3-2-4-7-24/h2-4,6-7,20-21,25-26,29H,5,8-19,22,40H2,1H3,(H,41,50)(H,42,43,51)/t29-/m1/s1. The lowest BCUT2D eigenvalue weighted by Gasteiger charge is -2.39. The molecule has 4 heterocycles. The van der Waals surface area contributed by atoms with Crippen LogP contribution >= 0.6 is 11.6 Å². The Morgan fingerprint density at radius 3 is 2.31 bits per heavy atom. The summed E-state index contributed by atoms with van der Waals surface area (Å²) in [5.41, 5.74) is 4.58. The fourth-order valence-electron chi connectivity index (χ4n) is 7.43. The molecule has 1 aromatic heterocycles. The number of benzene rings is 2. The van der Waals surface area contributed by atoms with Crippen molar-refractivity contribution in [1.82, 2.24) is 39.7 Å². The molecule has 3 aliphatic heterocycles. The van der Waals surface area contributed by atoms with Gasteiger partial charge in [0.25, 0.3) is 0 Å². The molecule has 0 aliphatic carbocycles. The van der Waals surface area contributed by atoms with E-state index in [4.69, 9.17) is 17.3 Å². The molecule has 51 heavy (non-hydrogen) atoms. The van der Waals surface area contributed by atoms with E-state index in [1.54, 1.807) is 9.80 Å². The number of aromatic nitrogens is 3. The Labute approximate surface area is 299 Å². The van der Waals surface area contributed by atoms with E-state index in [0.717, 1.165) is 57.1 Å². The number of aromatic amines is 1. The maximum Gasteiger partial charge on any atom is 0.418 e. The van der Waals surface area contributed by atoms with Crippen LogP contribution in [0.25, 0.3) is 11.4 Å². The van der Waals surface area contributed by atoms with Crippen LogP contribution in [0.1, 0.15) is 49.3 Å². The maximum atomic E-state index is 14.1. The molecule has 0 radical (unpaired) electrons. The van der Waals surface area contributed by atoms with Crippen LogP contribution in [0.3, 0.4) is 0 Å². The van der Waals surface area contributed by atoms with Crippen molar-refractivity contribution in [1.29, 1.82) is 0 Å². The Balaban J connectivity index is 1.14. The number of hydrogen-bond acceptors (Lipinski definition) is 7. The minimum atomic E-state index is -4.75. The van der Waals surface area contributed by atoms with E-state index in [2.05, 4.69) is 32.2 Å². The lowest BCUT2D eigenvalue weighted by atomic mass is 9.98. The van der Waals surface area contributed by atoms with Crippen LogP contribution in [-0.4, -0.2) is 118 Å². The molecule has 3 aliphatic rings. The first kappa shape index (κ1) is 36.7. The number of nitrogens with two attached hydrogens (primary N) is 1. The van der Waals surface area contributed by atoms with Crippen LogP contribution in [0.4, 0.5) is 23.7 Å². The highest BCUT2D eigenvalue weighted by Crippen LogP contribution is 2.38. The zero-order valence-corrected chi connectivity index (χ0v) is 29.4. The Bertz CT molecular complexity index is 1740. The van der Waals surface area contributed by atoms with Crippen molar-refractivity contribution in [3.05, 3.63) is 69.1 Å². The molecule has 2 aromatic carbocycles. The number of carbonyl (C=O) groups excluding carboxylic acids is 2. The van der Waals surface area contributed by atoms with E-state index >= 15 is 0 Å². The summed E-state index contributed by atoms with van der Waals surface area (Å²) in [7, 11) is 2.12. The van der Waals surface area contributed by atoms with Crippen molar-refractivity contribution in [3.8, 4) is 11.4 Å². The van der Waals surface area contributed by atoms with Gasteiger partial charge in [0.15, 0.2) is 5.82 Å². The first-order valence-corrected chi connectivity index (χ1v) is 17.9. The zero-order valence-electron chi connectivity index (χ0n) is 28.7. The molecule has 16 heteroatoms. The predicted octanol–water partition coefficient (Wildman–Crippen LogP) is 4.08. The summed E-state index contributed by atoms with van der Waals surface area (Å²) in [5, 5.41) is 7.07. The number of halogens is 4. The van der Waals surface area contributed by atoms with Crippen LogP contribution in [0.5, 0.6) is 0 Å². The number of likely N-dealkylation sites (N-methyl/N-ethyl adjacent to an activating group) is 1. The topological polar surface area (TPSA) is 136 Å². The Morgan fingerprint density at radius 2 is 1.63 bits per heavy atom. The Morgan fingerprint density at radius 1 is 0.961 bits per heavy atom. The molecule has 0 saturated carbocycles. The van der Waals surface area contributed by atoms with Crippen molar-refractivity contribution in [3.63, 3.8) is 0 Å². The number of nitrogen functional groups attached to an aromatic ring is 1. The van der Waals surface area contributed by atoms with E-state index in [9.17, 15) is 27.6 Å². The number of hydrogen-bond donors (Lipinski definition) is 3. The SMILES string of the molecule is CN1CCCN(C2CCN(C(=O)[C@@H](Cc3cc(Cl)c(N)c(C(F)(F)F)c3)NC(=O)N3CCC(n4nc(-c5ccccc5)[nH]c4=O)CC3)CC2)CC1.